The van der Waals surface area contributed by atoms with Crippen molar-refractivity contribution < 1.29 is 0 Å². The summed E-state index contributed by atoms with van der Waals surface area (Å²) in [7, 11) is 0. The normalized spacial score (nSPS) is 10.1. The SMILES string of the molecule is CC(C)c1cccc(C(CC#N)CC#N)c1. The summed E-state index contributed by atoms with van der Waals surface area (Å²) in [5.74, 6) is 0.526. The average molecular weight is 212 g/mol. The van der Waals surface area contributed by atoms with Crippen molar-refractivity contribution in [2.45, 2.75) is 38.5 Å². The van der Waals surface area contributed by atoms with Crippen molar-refractivity contribution in [3.05, 3.63) is 35.4 Å². The first-order valence-electron chi connectivity index (χ1n) is 5.52. The Morgan fingerprint density at radius 2 is 1.62 bits per heavy atom. The Hall–Kier alpha value is -1.80. The molecule has 1 rings (SSSR count). The van der Waals surface area contributed by atoms with Gasteiger partial charge in [-0.2, -0.15) is 10.5 Å². The highest BCUT2D eigenvalue weighted by Crippen LogP contribution is 2.25. The minimum absolute atomic E-state index is 0.0497. The molecule has 0 unspecified atom stereocenters. The molecule has 82 valence electrons. The number of rotatable bonds is 4. The molecule has 0 saturated heterocycles. The third kappa shape index (κ3) is 3.11. The third-order valence-electron chi connectivity index (χ3n) is 2.72. The maximum atomic E-state index is 8.74. The van der Waals surface area contributed by atoms with Gasteiger partial charge >= 0.3 is 0 Å². The number of benzene rings is 1. The topological polar surface area (TPSA) is 47.6 Å². The van der Waals surface area contributed by atoms with Gasteiger partial charge in [0, 0.05) is 18.8 Å². The highest BCUT2D eigenvalue weighted by atomic mass is 14.3. The van der Waals surface area contributed by atoms with Crippen LogP contribution in [0.3, 0.4) is 0 Å². The van der Waals surface area contributed by atoms with Gasteiger partial charge in [0.2, 0.25) is 0 Å². The molecule has 0 aromatic heterocycles. The van der Waals surface area contributed by atoms with E-state index in [0.717, 1.165) is 5.56 Å². The fourth-order valence-corrected chi connectivity index (χ4v) is 1.70. The molecular formula is C14H16N2. The second-order valence-corrected chi connectivity index (χ2v) is 4.25. The smallest absolute Gasteiger partial charge is 0.0628 e. The van der Waals surface area contributed by atoms with E-state index >= 15 is 0 Å². The highest BCUT2D eigenvalue weighted by molar-refractivity contribution is 5.29. The molecule has 16 heavy (non-hydrogen) atoms. The Labute approximate surface area is 97.1 Å². The summed E-state index contributed by atoms with van der Waals surface area (Å²) in [6.07, 6.45) is 0.824. The Bertz CT molecular complexity index is 405. The van der Waals surface area contributed by atoms with Gasteiger partial charge in [-0.3, -0.25) is 0 Å². The minimum Gasteiger partial charge on any atom is -0.198 e. The van der Waals surface area contributed by atoms with E-state index in [9.17, 15) is 0 Å². The Morgan fingerprint density at radius 1 is 1.06 bits per heavy atom. The molecule has 0 bridgehead atoms. The van der Waals surface area contributed by atoms with E-state index in [4.69, 9.17) is 10.5 Å². The fraction of sp³-hybridized carbons (Fsp3) is 0.429. The first-order chi connectivity index (χ1) is 7.69. The standard InChI is InChI=1S/C14H16N2/c1-11(2)13-4-3-5-14(10-13)12(6-8-15)7-9-16/h3-5,10-12H,6-7H2,1-2H3. The third-order valence-corrected chi connectivity index (χ3v) is 2.72. The average Bonchev–Trinajstić information content (AvgIpc) is 2.29. The van der Waals surface area contributed by atoms with Gasteiger partial charge < -0.3 is 0 Å². The molecule has 0 aliphatic carbocycles. The van der Waals surface area contributed by atoms with Gasteiger partial charge in [-0.25, -0.2) is 0 Å². The first kappa shape index (κ1) is 12.3. The van der Waals surface area contributed by atoms with Crippen LogP contribution in [0, 0.1) is 22.7 Å². The molecule has 1 aromatic carbocycles. The van der Waals surface area contributed by atoms with E-state index in [1.807, 2.05) is 12.1 Å². The zero-order chi connectivity index (χ0) is 12.0. The maximum absolute atomic E-state index is 8.74. The molecule has 0 saturated carbocycles. The number of hydrogen-bond donors (Lipinski definition) is 0. The summed E-state index contributed by atoms with van der Waals surface area (Å²) in [5.41, 5.74) is 2.37. The minimum atomic E-state index is 0.0497. The summed E-state index contributed by atoms with van der Waals surface area (Å²) in [6.45, 7) is 4.28. The Balaban J connectivity index is 2.97. The molecule has 0 atom stereocenters. The summed E-state index contributed by atoms with van der Waals surface area (Å²) in [4.78, 5) is 0. The van der Waals surface area contributed by atoms with Crippen LogP contribution in [0.25, 0.3) is 0 Å². The van der Waals surface area contributed by atoms with Crippen LogP contribution in [0.15, 0.2) is 24.3 Å². The molecule has 0 N–H and O–H groups in total. The molecular weight excluding hydrogens is 196 g/mol. The van der Waals surface area contributed by atoms with Gasteiger partial charge in [0.25, 0.3) is 0 Å². The van der Waals surface area contributed by atoms with Gasteiger partial charge in [0.15, 0.2) is 0 Å². The predicted octanol–water partition coefficient (Wildman–Crippen LogP) is 3.72. The number of nitrogens with zero attached hydrogens (tertiary/aromatic N) is 2. The van der Waals surface area contributed by atoms with Gasteiger partial charge in [0.1, 0.15) is 0 Å². The van der Waals surface area contributed by atoms with Gasteiger partial charge in [-0.15, -0.1) is 0 Å². The molecule has 0 spiro atoms. The Morgan fingerprint density at radius 3 is 2.12 bits per heavy atom. The predicted molar refractivity (Wildman–Crippen MR) is 63.7 cm³/mol. The van der Waals surface area contributed by atoms with E-state index < -0.39 is 0 Å². The van der Waals surface area contributed by atoms with Crippen LogP contribution in [0.2, 0.25) is 0 Å². The second kappa shape index (κ2) is 5.93. The lowest BCUT2D eigenvalue weighted by atomic mass is 9.90. The summed E-state index contributed by atoms with van der Waals surface area (Å²) in [6, 6.07) is 12.5. The van der Waals surface area contributed by atoms with Crippen molar-refractivity contribution in [3.63, 3.8) is 0 Å². The van der Waals surface area contributed by atoms with E-state index in [-0.39, 0.29) is 5.92 Å². The van der Waals surface area contributed by atoms with Gasteiger partial charge in [0.05, 0.1) is 12.1 Å². The highest BCUT2D eigenvalue weighted by Gasteiger charge is 2.11. The summed E-state index contributed by atoms with van der Waals surface area (Å²) >= 11 is 0. The molecule has 0 aliphatic heterocycles. The lowest BCUT2D eigenvalue weighted by Crippen LogP contribution is -1.98. The largest absolute Gasteiger partial charge is 0.198 e. The van der Waals surface area contributed by atoms with Crippen LogP contribution < -0.4 is 0 Å². The molecule has 0 heterocycles. The van der Waals surface area contributed by atoms with Crippen LogP contribution in [0.5, 0.6) is 0 Å². The van der Waals surface area contributed by atoms with Crippen LogP contribution in [0.4, 0.5) is 0 Å². The zero-order valence-corrected chi connectivity index (χ0v) is 9.77. The monoisotopic (exact) mass is 212 g/mol. The van der Waals surface area contributed by atoms with E-state index in [1.54, 1.807) is 0 Å². The molecule has 1 aromatic rings. The lowest BCUT2D eigenvalue weighted by Gasteiger charge is -2.13. The molecule has 2 nitrogen and oxygen atoms in total. The van der Waals surface area contributed by atoms with Crippen LogP contribution in [0.1, 0.15) is 49.7 Å². The van der Waals surface area contributed by atoms with Gasteiger partial charge in [-0.1, -0.05) is 38.1 Å². The first-order valence-corrected chi connectivity index (χ1v) is 5.52. The molecule has 2 heteroatoms. The second-order valence-electron chi connectivity index (χ2n) is 4.25. The maximum Gasteiger partial charge on any atom is 0.0628 e. The lowest BCUT2D eigenvalue weighted by molar-refractivity contribution is 0.722. The number of nitriles is 2. The van der Waals surface area contributed by atoms with Crippen molar-refractivity contribution in [2.75, 3.05) is 0 Å². The summed E-state index contributed by atoms with van der Waals surface area (Å²) in [5, 5.41) is 17.5. The summed E-state index contributed by atoms with van der Waals surface area (Å²) < 4.78 is 0. The zero-order valence-electron chi connectivity index (χ0n) is 9.77. The molecule has 0 radical (unpaired) electrons. The van der Waals surface area contributed by atoms with Crippen molar-refractivity contribution in [1.29, 1.82) is 10.5 Å². The van der Waals surface area contributed by atoms with Crippen LogP contribution in [-0.2, 0) is 0 Å². The van der Waals surface area contributed by atoms with Gasteiger partial charge in [-0.05, 0) is 17.0 Å². The van der Waals surface area contributed by atoms with Crippen molar-refractivity contribution >= 4 is 0 Å². The van der Waals surface area contributed by atoms with Crippen molar-refractivity contribution in [1.82, 2.24) is 0 Å². The van der Waals surface area contributed by atoms with E-state index in [2.05, 4.69) is 38.1 Å². The van der Waals surface area contributed by atoms with Crippen LogP contribution in [-0.4, -0.2) is 0 Å². The number of hydrogen-bond acceptors (Lipinski definition) is 2. The van der Waals surface area contributed by atoms with E-state index in [0.29, 0.717) is 18.8 Å². The van der Waals surface area contributed by atoms with Crippen molar-refractivity contribution in [2.24, 2.45) is 0 Å². The van der Waals surface area contributed by atoms with Crippen LogP contribution >= 0.6 is 0 Å². The fourth-order valence-electron chi connectivity index (χ4n) is 1.70. The van der Waals surface area contributed by atoms with E-state index in [1.165, 1.54) is 5.56 Å². The molecule has 0 amide bonds. The molecule has 0 aliphatic rings. The van der Waals surface area contributed by atoms with Crippen molar-refractivity contribution in [3.8, 4) is 12.1 Å². The molecule has 0 fully saturated rings. The quantitative estimate of drug-likeness (QED) is 0.763. The Kier molecular flexibility index (Phi) is 4.55.